The molecule has 0 aliphatic heterocycles. The SMILES string of the molecule is Cc1ccc(-c2ccccc2N(O)O)cc1. The molecule has 0 saturated carbocycles. The Hall–Kier alpha value is -1.84. The van der Waals surface area contributed by atoms with Crippen molar-refractivity contribution in [3.8, 4) is 11.1 Å². The molecule has 0 fully saturated rings. The van der Waals surface area contributed by atoms with Crippen LogP contribution >= 0.6 is 0 Å². The Morgan fingerprint density at radius 3 is 2.12 bits per heavy atom. The third-order valence-electron chi connectivity index (χ3n) is 2.48. The van der Waals surface area contributed by atoms with E-state index in [1.165, 1.54) is 5.56 Å². The van der Waals surface area contributed by atoms with Gasteiger partial charge < -0.3 is 0 Å². The number of aryl methyl sites for hydroxylation is 1. The second-order valence-electron chi connectivity index (χ2n) is 3.67. The molecule has 2 rings (SSSR count). The molecular formula is C13H13NO2. The molecule has 0 unspecified atom stereocenters. The molecule has 2 N–H and O–H groups in total. The van der Waals surface area contributed by atoms with E-state index in [0.29, 0.717) is 5.69 Å². The van der Waals surface area contributed by atoms with Crippen molar-refractivity contribution < 1.29 is 10.4 Å². The van der Waals surface area contributed by atoms with Gasteiger partial charge in [-0.3, -0.25) is 10.4 Å². The lowest BCUT2D eigenvalue weighted by Crippen LogP contribution is -2.11. The Bertz CT molecular complexity index is 478. The quantitative estimate of drug-likeness (QED) is 0.756. The highest BCUT2D eigenvalue weighted by molar-refractivity contribution is 5.77. The summed E-state index contributed by atoms with van der Waals surface area (Å²) in [5.74, 6) is 0. The van der Waals surface area contributed by atoms with Crippen LogP contribution in [-0.2, 0) is 0 Å². The molecule has 3 nitrogen and oxygen atoms in total. The zero-order valence-electron chi connectivity index (χ0n) is 8.96. The first kappa shape index (κ1) is 10.7. The van der Waals surface area contributed by atoms with Crippen molar-refractivity contribution in [3.05, 3.63) is 54.1 Å². The predicted octanol–water partition coefficient (Wildman–Crippen LogP) is 3.25. The average molecular weight is 215 g/mol. The molecular weight excluding hydrogens is 202 g/mol. The van der Waals surface area contributed by atoms with Crippen LogP contribution in [0.1, 0.15) is 5.56 Å². The standard InChI is InChI=1S/C13H13NO2/c1-10-6-8-11(9-7-10)12-4-2-3-5-13(12)14(15)16/h2-9,15-16H,1H3. The molecule has 0 atom stereocenters. The van der Waals surface area contributed by atoms with Gasteiger partial charge in [-0.2, -0.15) is 0 Å². The van der Waals surface area contributed by atoms with Crippen molar-refractivity contribution in [3.63, 3.8) is 0 Å². The van der Waals surface area contributed by atoms with Gasteiger partial charge in [0.2, 0.25) is 0 Å². The molecule has 0 saturated heterocycles. The van der Waals surface area contributed by atoms with Crippen LogP contribution in [-0.4, -0.2) is 10.4 Å². The van der Waals surface area contributed by atoms with Gasteiger partial charge in [0.25, 0.3) is 0 Å². The molecule has 2 aromatic carbocycles. The average Bonchev–Trinajstić information content (AvgIpc) is 2.30. The number of hydrogen-bond donors (Lipinski definition) is 2. The second-order valence-corrected chi connectivity index (χ2v) is 3.67. The lowest BCUT2D eigenvalue weighted by atomic mass is 10.0. The molecule has 0 bridgehead atoms. The molecule has 0 aliphatic carbocycles. The summed E-state index contributed by atoms with van der Waals surface area (Å²) in [7, 11) is 0. The highest BCUT2D eigenvalue weighted by Crippen LogP contribution is 2.29. The van der Waals surface area contributed by atoms with E-state index >= 15 is 0 Å². The molecule has 0 radical (unpaired) electrons. The minimum atomic E-state index is 0.148. The smallest absolute Gasteiger partial charge is 0.102 e. The van der Waals surface area contributed by atoms with Crippen molar-refractivity contribution >= 4 is 5.69 Å². The van der Waals surface area contributed by atoms with Crippen LogP contribution in [0.15, 0.2) is 48.5 Å². The minimum absolute atomic E-state index is 0.148. The summed E-state index contributed by atoms with van der Waals surface area (Å²) in [5, 5.41) is 18.4. The van der Waals surface area contributed by atoms with Crippen LogP contribution in [0.2, 0.25) is 0 Å². The lowest BCUT2D eigenvalue weighted by Gasteiger charge is -2.13. The lowest BCUT2D eigenvalue weighted by molar-refractivity contribution is 0.0295. The Labute approximate surface area is 94.1 Å². The van der Waals surface area contributed by atoms with Crippen molar-refractivity contribution in [2.75, 3.05) is 5.23 Å². The van der Waals surface area contributed by atoms with E-state index in [4.69, 9.17) is 10.4 Å². The van der Waals surface area contributed by atoms with Gasteiger partial charge in [-0.1, -0.05) is 48.0 Å². The molecule has 0 heterocycles. The topological polar surface area (TPSA) is 43.7 Å². The molecule has 3 heteroatoms. The van der Waals surface area contributed by atoms with E-state index in [0.717, 1.165) is 11.1 Å². The number of para-hydroxylation sites is 1. The van der Waals surface area contributed by atoms with Crippen LogP contribution in [0.3, 0.4) is 0 Å². The Morgan fingerprint density at radius 2 is 1.50 bits per heavy atom. The number of hydrogen-bond acceptors (Lipinski definition) is 3. The zero-order chi connectivity index (χ0) is 11.5. The summed E-state index contributed by atoms with van der Waals surface area (Å²) in [5.41, 5.74) is 3.28. The fourth-order valence-corrected chi connectivity index (χ4v) is 1.63. The van der Waals surface area contributed by atoms with E-state index in [1.54, 1.807) is 12.1 Å². The largest absolute Gasteiger partial charge is 0.264 e. The van der Waals surface area contributed by atoms with Gasteiger partial charge >= 0.3 is 0 Å². The second kappa shape index (κ2) is 4.35. The maximum absolute atomic E-state index is 9.11. The van der Waals surface area contributed by atoms with Crippen molar-refractivity contribution in [2.24, 2.45) is 0 Å². The Kier molecular flexibility index (Phi) is 2.90. The van der Waals surface area contributed by atoms with E-state index in [-0.39, 0.29) is 5.23 Å². The van der Waals surface area contributed by atoms with E-state index in [2.05, 4.69) is 0 Å². The maximum Gasteiger partial charge on any atom is 0.102 e. The van der Waals surface area contributed by atoms with Crippen LogP contribution in [0.5, 0.6) is 0 Å². The highest BCUT2D eigenvalue weighted by atomic mass is 16.8. The first-order valence-electron chi connectivity index (χ1n) is 5.02. The third kappa shape index (κ3) is 2.05. The first-order valence-corrected chi connectivity index (χ1v) is 5.02. The normalized spacial score (nSPS) is 10.2. The highest BCUT2D eigenvalue weighted by Gasteiger charge is 2.07. The number of benzene rings is 2. The first-order chi connectivity index (χ1) is 7.68. The van der Waals surface area contributed by atoms with Crippen molar-refractivity contribution in [2.45, 2.75) is 6.92 Å². The molecule has 16 heavy (non-hydrogen) atoms. The van der Waals surface area contributed by atoms with Gasteiger partial charge in [-0.05, 0) is 18.6 Å². The summed E-state index contributed by atoms with van der Waals surface area (Å²) in [4.78, 5) is 0. The third-order valence-corrected chi connectivity index (χ3v) is 2.48. The fourth-order valence-electron chi connectivity index (χ4n) is 1.63. The molecule has 82 valence electrons. The van der Waals surface area contributed by atoms with Crippen LogP contribution in [0.4, 0.5) is 5.69 Å². The summed E-state index contributed by atoms with van der Waals surface area (Å²) in [6, 6.07) is 15.0. The van der Waals surface area contributed by atoms with Crippen LogP contribution < -0.4 is 5.23 Å². The van der Waals surface area contributed by atoms with Crippen LogP contribution in [0, 0.1) is 6.92 Å². The molecule has 2 aromatic rings. The minimum Gasteiger partial charge on any atom is -0.264 e. The van der Waals surface area contributed by atoms with Gasteiger partial charge in [0, 0.05) is 5.56 Å². The Morgan fingerprint density at radius 1 is 0.875 bits per heavy atom. The van der Waals surface area contributed by atoms with Crippen molar-refractivity contribution in [1.29, 1.82) is 0 Å². The fraction of sp³-hybridized carbons (Fsp3) is 0.0769. The maximum atomic E-state index is 9.11. The van der Waals surface area contributed by atoms with Crippen LogP contribution in [0.25, 0.3) is 11.1 Å². The summed E-state index contributed by atoms with van der Waals surface area (Å²) >= 11 is 0. The van der Waals surface area contributed by atoms with Crippen molar-refractivity contribution in [1.82, 2.24) is 0 Å². The van der Waals surface area contributed by atoms with Gasteiger partial charge in [0.1, 0.15) is 5.69 Å². The predicted molar refractivity (Wildman–Crippen MR) is 62.7 cm³/mol. The van der Waals surface area contributed by atoms with Gasteiger partial charge in [0.05, 0.1) is 0 Å². The number of nitrogens with zero attached hydrogens (tertiary/aromatic N) is 1. The summed E-state index contributed by atoms with van der Waals surface area (Å²) in [6.45, 7) is 2.01. The van der Waals surface area contributed by atoms with Gasteiger partial charge in [-0.25, -0.2) is 0 Å². The molecule has 0 aliphatic rings. The van der Waals surface area contributed by atoms with Gasteiger partial charge in [0.15, 0.2) is 0 Å². The van der Waals surface area contributed by atoms with E-state index < -0.39 is 0 Å². The monoisotopic (exact) mass is 215 g/mol. The zero-order valence-corrected chi connectivity index (χ0v) is 8.96. The Balaban J connectivity index is 2.51. The number of anilines is 1. The summed E-state index contributed by atoms with van der Waals surface area (Å²) in [6.07, 6.45) is 0. The number of rotatable bonds is 2. The van der Waals surface area contributed by atoms with Gasteiger partial charge in [-0.15, -0.1) is 5.23 Å². The van der Waals surface area contributed by atoms with E-state index in [9.17, 15) is 0 Å². The molecule has 0 amide bonds. The molecule has 0 spiro atoms. The van der Waals surface area contributed by atoms with E-state index in [1.807, 2.05) is 43.3 Å². The summed E-state index contributed by atoms with van der Waals surface area (Å²) < 4.78 is 0. The molecule has 0 aromatic heterocycles.